The molecule has 1 fully saturated rings. The summed E-state index contributed by atoms with van der Waals surface area (Å²) in [7, 11) is 1.30. The fourth-order valence-electron chi connectivity index (χ4n) is 2.83. The maximum Gasteiger partial charge on any atom is 0.409 e. The molecule has 2 rings (SSSR count). The first-order valence-electron chi connectivity index (χ1n) is 7.61. The molecule has 0 aromatic heterocycles. The summed E-state index contributed by atoms with van der Waals surface area (Å²) in [5, 5.41) is 0. The zero-order valence-electron chi connectivity index (χ0n) is 13.4. The topological polar surface area (TPSA) is 72.9 Å². The molecule has 0 bridgehead atoms. The molecular formula is C17H21NO5. The normalized spacial score (nSPS) is 20.7. The number of Topliss-reactive ketones (excluding diaryl/α,β-unsaturated/α-hetero) is 1. The number of nitrogens with zero attached hydrogens (tertiary/aromatic N) is 1. The fourth-order valence-corrected chi connectivity index (χ4v) is 2.83. The molecule has 0 aliphatic carbocycles. The van der Waals surface area contributed by atoms with E-state index in [0.717, 1.165) is 0 Å². The number of ether oxygens (including phenoxy) is 2. The van der Waals surface area contributed by atoms with Gasteiger partial charge in [-0.2, -0.15) is 0 Å². The molecule has 1 aliphatic rings. The standard InChI is InChI=1S/C17H21NO5/c1-12(19)23-15-9-8-14(18(11-15)17(21)22-2)10-16(20)13-6-4-3-5-7-13/h3-7,14-15H,8-11H2,1-2H3/t14-,15-/m1/s1. The van der Waals surface area contributed by atoms with Crippen LogP contribution in [0.5, 0.6) is 0 Å². The summed E-state index contributed by atoms with van der Waals surface area (Å²) in [6.07, 6.45) is 0.583. The van der Waals surface area contributed by atoms with Crippen molar-refractivity contribution >= 4 is 17.8 Å². The number of esters is 1. The van der Waals surface area contributed by atoms with Gasteiger partial charge >= 0.3 is 12.1 Å². The predicted octanol–water partition coefficient (Wildman–Crippen LogP) is 2.42. The van der Waals surface area contributed by atoms with E-state index in [2.05, 4.69) is 0 Å². The van der Waals surface area contributed by atoms with Gasteiger partial charge in [-0.05, 0) is 12.8 Å². The summed E-state index contributed by atoms with van der Waals surface area (Å²) >= 11 is 0. The lowest BCUT2D eigenvalue weighted by atomic mass is 9.94. The van der Waals surface area contributed by atoms with E-state index >= 15 is 0 Å². The Kier molecular flexibility index (Phi) is 5.73. The largest absolute Gasteiger partial charge is 0.461 e. The molecule has 1 aromatic rings. The molecular weight excluding hydrogens is 298 g/mol. The number of hydrogen-bond donors (Lipinski definition) is 0. The summed E-state index contributed by atoms with van der Waals surface area (Å²) in [4.78, 5) is 36.9. The Morgan fingerprint density at radius 3 is 2.48 bits per heavy atom. The maximum atomic E-state index is 12.4. The summed E-state index contributed by atoms with van der Waals surface area (Å²) in [5.74, 6) is -0.394. The van der Waals surface area contributed by atoms with Gasteiger partial charge in [0, 0.05) is 24.9 Å². The van der Waals surface area contributed by atoms with E-state index < -0.39 is 6.09 Å². The Balaban J connectivity index is 2.06. The number of carbonyl (C=O) groups excluding carboxylic acids is 3. The van der Waals surface area contributed by atoms with Crippen molar-refractivity contribution in [1.29, 1.82) is 0 Å². The first kappa shape index (κ1) is 17.0. The second kappa shape index (κ2) is 7.76. The van der Waals surface area contributed by atoms with Crippen LogP contribution in [-0.2, 0) is 14.3 Å². The van der Waals surface area contributed by atoms with Crippen LogP contribution in [0.2, 0.25) is 0 Å². The summed E-state index contributed by atoms with van der Waals surface area (Å²) in [5.41, 5.74) is 0.624. The number of carbonyl (C=O) groups is 3. The lowest BCUT2D eigenvalue weighted by Crippen LogP contribution is -2.50. The third-order valence-electron chi connectivity index (χ3n) is 3.92. The van der Waals surface area contributed by atoms with Gasteiger partial charge in [-0.15, -0.1) is 0 Å². The number of hydrogen-bond acceptors (Lipinski definition) is 5. The number of methoxy groups -OCH3 is 1. The van der Waals surface area contributed by atoms with Crippen molar-refractivity contribution in [2.45, 2.75) is 38.3 Å². The molecule has 1 heterocycles. The zero-order chi connectivity index (χ0) is 16.8. The Hall–Kier alpha value is -2.37. The van der Waals surface area contributed by atoms with Crippen molar-refractivity contribution in [3.8, 4) is 0 Å². The molecule has 0 N–H and O–H groups in total. The molecule has 6 heteroatoms. The van der Waals surface area contributed by atoms with Gasteiger partial charge < -0.3 is 14.4 Å². The molecule has 0 unspecified atom stereocenters. The van der Waals surface area contributed by atoms with Gasteiger partial charge in [-0.25, -0.2) is 4.79 Å². The molecule has 6 nitrogen and oxygen atoms in total. The van der Waals surface area contributed by atoms with Crippen LogP contribution in [0.1, 0.15) is 36.5 Å². The number of benzene rings is 1. The Bertz CT molecular complexity index is 572. The van der Waals surface area contributed by atoms with Gasteiger partial charge in [0.25, 0.3) is 0 Å². The van der Waals surface area contributed by atoms with Gasteiger partial charge in [0.05, 0.1) is 13.7 Å². The monoisotopic (exact) mass is 319 g/mol. The average molecular weight is 319 g/mol. The van der Waals surface area contributed by atoms with Crippen LogP contribution in [0.25, 0.3) is 0 Å². The molecule has 0 saturated carbocycles. The van der Waals surface area contributed by atoms with Crippen LogP contribution in [0, 0.1) is 0 Å². The van der Waals surface area contributed by atoms with E-state index in [4.69, 9.17) is 9.47 Å². The van der Waals surface area contributed by atoms with Gasteiger partial charge in [0.15, 0.2) is 5.78 Å². The van der Waals surface area contributed by atoms with Crippen molar-refractivity contribution < 1.29 is 23.9 Å². The molecule has 0 radical (unpaired) electrons. The van der Waals surface area contributed by atoms with Gasteiger partial charge in [0.2, 0.25) is 0 Å². The minimum absolute atomic E-state index is 0.0181. The zero-order valence-corrected chi connectivity index (χ0v) is 13.4. The first-order valence-corrected chi connectivity index (χ1v) is 7.61. The van der Waals surface area contributed by atoms with Gasteiger partial charge in [0.1, 0.15) is 6.10 Å². The average Bonchev–Trinajstić information content (AvgIpc) is 2.55. The fraction of sp³-hybridized carbons (Fsp3) is 0.471. The molecule has 1 amide bonds. The Morgan fingerprint density at radius 2 is 1.87 bits per heavy atom. The van der Waals surface area contributed by atoms with Gasteiger partial charge in [-0.3, -0.25) is 9.59 Å². The lowest BCUT2D eigenvalue weighted by molar-refractivity contribution is -0.149. The van der Waals surface area contributed by atoms with E-state index in [1.165, 1.54) is 18.9 Å². The van der Waals surface area contributed by atoms with Crippen LogP contribution in [-0.4, -0.2) is 48.5 Å². The summed E-state index contributed by atoms with van der Waals surface area (Å²) < 4.78 is 9.98. The maximum absolute atomic E-state index is 12.4. The smallest absolute Gasteiger partial charge is 0.409 e. The van der Waals surface area contributed by atoms with Crippen LogP contribution in [0.3, 0.4) is 0 Å². The predicted molar refractivity (Wildman–Crippen MR) is 83.1 cm³/mol. The van der Waals surface area contributed by atoms with Crippen molar-refractivity contribution in [3.05, 3.63) is 35.9 Å². The molecule has 124 valence electrons. The number of likely N-dealkylation sites (tertiary alicyclic amines) is 1. The molecule has 0 spiro atoms. The second-order valence-electron chi connectivity index (χ2n) is 5.58. The van der Waals surface area contributed by atoms with Crippen molar-refractivity contribution in [3.63, 3.8) is 0 Å². The summed E-state index contributed by atoms with van der Waals surface area (Å²) in [6, 6.07) is 8.74. The molecule has 1 aliphatic heterocycles. The van der Waals surface area contributed by atoms with E-state index in [0.29, 0.717) is 18.4 Å². The van der Waals surface area contributed by atoms with Crippen LogP contribution in [0.15, 0.2) is 30.3 Å². The van der Waals surface area contributed by atoms with Crippen LogP contribution in [0.4, 0.5) is 4.79 Å². The highest BCUT2D eigenvalue weighted by Gasteiger charge is 2.34. The molecule has 1 saturated heterocycles. The van der Waals surface area contributed by atoms with Crippen molar-refractivity contribution in [2.24, 2.45) is 0 Å². The highest BCUT2D eigenvalue weighted by atomic mass is 16.6. The Morgan fingerprint density at radius 1 is 1.17 bits per heavy atom. The third kappa shape index (κ3) is 4.55. The number of rotatable bonds is 4. The number of amides is 1. The first-order chi connectivity index (χ1) is 11.0. The molecule has 1 aromatic carbocycles. The number of piperidine rings is 1. The molecule has 23 heavy (non-hydrogen) atoms. The minimum atomic E-state index is -0.507. The van der Waals surface area contributed by atoms with Crippen molar-refractivity contribution in [2.75, 3.05) is 13.7 Å². The highest BCUT2D eigenvalue weighted by Crippen LogP contribution is 2.24. The summed E-state index contributed by atoms with van der Waals surface area (Å²) in [6.45, 7) is 1.59. The van der Waals surface area contributed by atoms with Crippen LogP contribution < -0.4 is 0 Å². The highest BCUT2D eigenvalue weighted by molar-refractivity contribution is 5.96. The van der Waals surface area contributed by atoms with E-state index in [9.17, 15) is 14.4 Å². The van der Waals surface area contributed by atoms with Crippen molar-refractivity contribution in [1.82, 2.24) is 4.90 Å². The third-order valence-corrected chi connectivity index (χ3v) is 3.92. The molecule has 2 atom stereocenters. The number of ketones is 1. The quantitative estimate of drug-likeness (QED) is 0.629. The minimum Gasteiger partial charge on any atom is -0.461 e. The second-order valence-corrected chi connectivity index (χ2v) is 5.58. The SMILES string of the molecule is COC(=O)N1C[C@H](OC(C)=O)CC[C@@H]1CC(=O)c1ccccc1. The van der Waals surface area contributed by atoms with E-state index in [1.807, 2.05) is 18.2 Å². The van der Waals surface area contributed by atoms with E-state index in [-0.39, 0.29) is 36.9 Å². The Labute approximate surface area is 135 Å². The van der Waals surface area contributed by atoms with E-state index in [1.54, 1.807) is 12.1 Å². The lowest BCUT2D eigenvalue weighted by Gasteiger charge is -2.37. The van der Waals surface area contributed by atoms with Crippen LogP contribution >= 0.6 is 0 Å². The van der Waals surface area contributed by atoms with Gasteiger partial charge in [-0.1, -0.05) is 30.3 Å².